The van der Waals surface area contributed by atoms with Gasteiger partial charge in [-0.1, -0.05) is 18.2 Å². The SMILES string of the molecule is COc1cccc2[nH]c(C[C@H]3CN(Cc4cccc(F)c4)CC[C@H]3CC(=O)O)nc12.Cl. The summed E-state index contributed by atoms with van der Waals surface area (Å²) in [7, 11) is 1.62. The highest BCUT2D eigenvalue weighted by molar-refractivity contribution is 5.85. The first kappa shape index (κ1) is 23.0. The number of aromatic amines is 1. The number of H-pyrrole nitrogens is 1. The largest absolute Gasteiger partial charge is 0.494 e. The summed E-state index contributed by atoms with van der Waals surface area (Å²) in [6.07, 6.45) is 1.62. The molecule has 2 heterocycles. The molecule has 0 saturated carbocycles. The van der Waals surface area contributed by atoms with E-state index >= 15 is 0 Å². The number of piperidine rings is 1. The summed E-state index contributed by atoms with van der Waals surface area (Å²) < 4.78 is 18.9. The van der Waals surface area contributed by atoms with Crippen LogP contribution in [0.1, 0.15) is 24.2 Å². The number of aliphatic carboxylic acids is 1. The lowest BCUT2D eigenvalue weighted by molar-refractivity contribution is -0.139. The molecule has 3 aromatic rings. The number of hydrogen-bond acceptors (Lipinski definition) is 4. The Morgan fingerprint density at radius 2 is 2.10 bits per heavy atom. The molecule has 6 nitrogen and oxygen atoms in total. The Morgan fingerprint density at radius 1 is 1.29 bits per heavy atom. The van der Waals surface area contributed by atoms with E-state index in [2.05, 4.69) is 9.88 Å². The van der Waals surface area contributed by atoms with Gasteiger partial charge in [0, 0.05) is 25.9 Å². The summed E-state index contributed by atoms with van der Waals surface area (Å²) in [5.74, 6) is 0.781. The number of fused-ring (bicyclic) bond motifs is 1. The van der Waals surface area contributed by atoms with Gasteiger partial charge in [0.1, 0.15) is 22.9 Å². The average molecular weight is 448 g/mol. The number of carboxylic acid groups (broad SMARTS) is 1. The van der Waals surface area contributed by atoms with Crippen molar-refractivity contribution < 1.29 is 19.0 Å². The summed E-state index contributed by atoms with van der Waals surface area (Å²) in [6.45, 7) is 2.21. The molecule has 0 aliphatic carbocycles. The second kappa shape index (κ2) is 10.1. The van der Waals surface area contributed by atoms with Crippen LogP contribution in [-0.2, 0) is 17.8 Å². The molecular weight excluding hydrogens is 421 g/mol. The first-order chi connectivity index (χ1) is 14.5. The maximum absolute atomic E-state index is 13.5. The number of nitrogens with zero attached hydrogens (tertiary/aromatic N) is 2. The van der Waals surface area contributed by atoms with Crippen molar-refractivity contribution in [3.63, 3.8) is 0 Å². The molecule has 2 aromatic carbocycles. The van der Waals surface area contributed by atoms with Crippen LogP contribution in [0.3, 0.4) is 0 Å². The van der Waals surface area contributed by atoms with E-state index in [0.717, 1.165) is 41.9 Å². The van der Waals surface area contributed by atoms with E-state index < -0.39 is 5.97 Å². The number of halogens is 2. The fourth-order valence-electron chi connectivity index (χ4n) is 4.48. The zero-order valence-electron chi connectivity index (χ0n) is 17.4. The number of nitrogens with one attached hydrogen (secondary N) is 1. The summed E-state index contributed by atoms with van der Waals surface area (Å²) >= 11 is 0. The second-order valence-electron chi connectivity index (χ2n) is 8.02. The topological polar surface area (TPSA) is 78.5 Å². The molecule has 0 bridgehead atoms. The van der Waals surface area contributed by atoms with E-state index in [-0.39, 0.29) is 36.5 Å². The van der Waals surface area contributed by atoms with E-state index in [1.165, 1.54) is 6.07 Å². The van der Waals surface area contributed by atoms with Gasteiger partial charge in [0.15, 0.2) is 0 Å². The standard InChI is InChI=1S/C23H26FN3O3.ClH/c1-30-20-7-3-6-19-23(20)26-21(25-19)11-17-14-27(9-8-16(17)12-22(28)29)13-15-4-2-5-18(24)10-15;/h2-7,10,16-17H,8-9,11-14H2,1H3,(H,25,26)(H,28,29);1H/t16-,17-;/m0./s1. The van der Waals surface area contributed by atoms with Crippen molar-refractivity contribution in [3.8, 4) is 5.75 Å². The van der Waals surface area contributed by atoms with E-state index in [1.807, 2.05) is 24.3 Å². The second-order valence-corrected chi connectivity index (χ2v) is 8.02. The lowest BCUT2D eigenvalue weighted by Gasteiger charge is -2.38. The minimum absolute atomic E-state index is 0. The molecule has 1 aromatic heterocycles. The van der Waals surface area contributed by atoms with Crippen molar-refractivity contribution in [2.75, 3.05) is 20.2 Å². The number of imidazole rings is 1. The van der Waals surface area contributed by atoms with Gasteiger partial charge in [0.2, 0.25) is 0 Å². The highest BCUT2D eigenvalue weighted by Crippen LogP contribution is 2.31. The molecule has 1 aliphatic heterocycles. The van der Waals surface area contributed by atoms with Crippen molar-refractivity contribution in [2.24, 2.45) is 11.8 Å². The van der Waals surface area contributed by atoms with Crippen molar-refractivity contribution in [1.82, 2.24) is 14.9 Å². The van der Waals surface area contributed by atoms with Gasteiger partial charge >= 0.3 is 5.97 Å². The summed E-state index contributed by atoms with van der Waals surface area (Å²) in [5.41, 5.74) is 2.63. The minimum Gasteiger partial charge on any atom is -0.494 e. The highest BCUT2D eigenvalue weighted by atomic mass is 35.5. The number of hydrogen-bond donors (Lipinski definition) is 2. The van der Waals surface area contributed by atoms with Crippen molar-refractivity contribution >= 4 is 29.4 Å². The van der Waals surface area contributed by atoms with E-state index in [4.69, 9.17) is 9.72 Å². The third-order valence-corrected chi connectivity index (χ3v) is 5.91. The van der Waals surface area contributed by atoms with Gasteiger partial charge in [-0.3, -0.25) is 9.69 Å². The van der Waals surface area contributed by atoms with Crippen LogP contribution in [0.15, 0.2) is 42.5 Å². The predicted molar refractivity (Wildman–Crippen MR) is 119 cm³/mol. The zero-order chi connectivity index (χ0) is 21.1. The number of benzene rings is 2. The average Bonchev–Trinajstić information content (AvgIpc) is 3.12. The third kappa shape index (κ3) is 5.54. The van der Waals surface area contributed by atoms with Crippen molar-refractivity contribution in [2.45, 2.75) is 25.8 Å². The van der Waals surface area contributed by atoms with Crippen LogP contribution in [0, 0.1) is 17.7 Å². The normalized spacial score (nSPS) is 19.2. The maximum atomic E-state index is 13.5. The number of likely N-dealkylation sites (tertiary alicyclic amines) is 1. The number of carboxylic acids is 1. The number of ether oxygens (including phenoxy) is 1. The van der Waals surface area contributed by atoms with Gasteiger partial charge in [0.25, 0.3) is 0 Å². The predicted octanol–water partition coefficient (Wildman–Crippen LogP) is 4.29. The molecule has 0 spiro atoms. The number of aromatic nitrogens is 2. The molecule has 0 radical (unpaired) electrons. The number of rotatable bonds is 7. The fourth-order valence-corrected chi connectivity index (χ4v) is 4.48. The number of methoxy groups -OCH3 is 1. The van der Waals surface area contributed by atoms with Gasteiger partial charge in [-0.2, -0.15) is 0 Å². The molecule has 2 atom stereocenters. The van der Waals surface area contributed by atoms with Crippen LogP contribution < -0.4 is 4.74 Å². The Labute approximate surface area is 186 Å². The van der Waals surface area contributed by atoms with Gasteiger partial charge in [-0.15, -0.1) is 12.4 Å². The van der Waals surface area contributed by atoms with Gasteiger partial charge in [-0.25, -0.2) is 9.37 Å². The molecule has 0 unspecified atom stereocenters. The van der Waals surface area contributed by atoms with E-state index in [0.29, 0.717) is 18.7 Å². The molecule has 1 fully saturated rings. The van der Waals surface area contributed by atoms with Gasteiger partial charge in [-0.05, 0) is 54.6 Å². The number of para-hydroxylation sites is 1. The minimum atomic E-state index is -0.769. The van der Waals surface area contributed by atoms with Crippen molar-refractivity contribution in [3.05, 3.63) is 59.7 Å². The molecule has 166 valence electrons. The Kier molecular flexibility index (Phi) is 7.51. The van der Waals surface area contributed by atoms with Crippen LogP contribution in [0.4, 0.5) is 4.39 Å². The fraction of sp³-hybridized carbons (Fsp3) is 0.391. The third-order valence-electron chi connectivity index (χ3n) is 5.91. The monoisotopic (exact) mass is 447 g/mol. The lowest BCUT2D eigenvalue weighted by atomic mass is 9.81. The molecule has 31 heavy (non-hydrogen) atoms. The Bertz CT molecular complexity index is 1040. The number of carbonyl (C=O) groups is 1. The van der Waals surface area contributed by atoms with Crippen LogP contribution in [-0.4, -0.2) is 46.1 Å². The van der Waals surface area contributed by atoms with Crippen LogP contribution in [0.5, 0.6) is 5.75 Å². The summed E-state index contributed by atoms with van der Waals surface area (Å²) in [4.78, 5) is 21.8. The molecule has 1 saturated heterocycles. The molecule has 4 rings (SSSR count). The Morgan fingerprint density at radius 3 is 2.84 bits per heavy atom. The van der Waals surface area contributed by atoms with Crippen LogP contribution in [0.2, 0.25) is 0 Å². The molecule has 2 N–H and O–H groups in total. The Hall–Kier alpha value is -2.64. The first-order valence-corrected chi connectivity index (χ1v) is 10.2. The van der Waals surface area contributed by atoms with Gasteiger partial charge in [0.05, 0.1) is 12.6 Å². The lowest BCUT2D eigenvalue weighted by Crippen LogP contribution is -2.41. The molecular formula is C23H27ClFN3O3. The Balaban J connectivity index is 0.00000272. The van der Waals surface area contributed by atoms with E-state index in [9.17, 15) is 14.3 Å². The first-order valence-electron chi connectivity index (χ1n) is 10.2. The molecule has 8 heteroatoms. The zero-order valence-corrected chi connectivity index (χ0v) is 18.2. The van der Waals surface area contributed by atoms with E-state index in [1.54, 1.807) is 19.2 Å². The smallest absolute Gasteiger partial charge is 0.303 e. The summed E-state index contributed by atoms with van der Waals surface area (Å²) in [6, 6.07) is 12.4. The maximum Gasteiger partial charge on any atom is 0.303 e. The van der Waals surface area contributed by atoms with Gasteiger partial charge < -0.3 is 14.8 Å². The van der Waals surface area contributed by atoms with Crippen molar-refractivity contribution in [1.29, 1.82) is 0 Å². The van der Waals surface area contributed by atoms with Crippen LogP contribution >= 0.6 is 12.4 Å². The quantitative estimate of drug-likeness (QED) is 0.565. The highest BCUT2D eigenvalue weighted by Gasteiger charge is 2.31. The summed E-state index contributed by atoms with van der Waals surface area (Å²) in [5, 5.41) is 9.37. The van der Waals surface area contributed by atoms with Crippen LogP contribution in [0.25, 0.3) is 11.0 Å². The molecule has 0 amide bonds. The molecule has 1 aliphatic rings.